The van der Waals surface area contributed by atoms with Crippen LogP contribution in [0, 0.1) is 0 Å². The predicted molar refractivity (Wildman–Crippen MR) is 104 cm³/mol. The van der Waals surface area contributed by atoms with Gasteiger partial charge in [0.15, 0.2) is 5.13 Å². The third-order valence-electron chi connectivity index (χ3n) is 3.62. The van der Waals surface area contributed by atoms with Crippen LogP contribution in [0.2, 0.25) is 0 Å². The molecule has 0 bridgehead atoms. The van der Waals surface area contributed by atoms with E-state index in [1.54, 1.807) is 0 Å². The maximum absolute atomic E-state index is 12.2. The van der Waals surface area contributed by atoms with Crippen molar-refractivity contribution in [3.8, 4) is 5.75 Å². The minimum atomic E-state index is -0.0607. The largest absolute Gasteiger partial charge is 0.494 e. The molecule has 1 aromatic heterocycles. The number of aromatic nitrogens is 1. The summed E-state index contributed by atoms with van der Waals surface area (Å²) >= 11 is 1.53. The number of hydrogen-bond donors (Lipinski definition) is 1. The molecule has 0 aliphatic heterocycles. The molecule has 0 radical (unpaired) electrons. The standard InChI is InChI=1S/C19H27N3O2S/c1-14(2)17-13-20-19(25-17)21-18(23)12-15-7-5-8-16(11-15)24-10-6-9-22(3)4/h5,7-8,11,13-14H,6,9-10,12H2,1-4H3,(H,20,21,23). The highest BCUT2D eigenvalue weighted by Gasteiger charge is 2.10. The second kappa shape index (κ2) is 9.53. The summed E-state index contributed by atoms with van der Waals surface area (Å²) in [6.07, 6.45) is 3.11. The molecule has 0 aliphatic carbocycles. The van der Waals surface area contributed by atoms with E-state index in [2.05, 4.69) is 29.0 Å². The molecular weight excluding hydrogens is 334 g/mol. The van der Waals surface area contributed by atoms with Crippen molar-refractivity contribution in [3.05, 3.63) is 40.9 Å². The Hall–Kier alpha value is -1.92. The molecule has 0 aliphatic rings. The van der Waals surface area contributed by atoms with Crippen molar-refractivity contribution in [3.63, 3.8) is 0 Å². The Morgan fingerprint density at radius 2 is 2.16 bits per heavy atom. The zero-order valence-corrected chi connectivity index (χ0v) is 16.2. The lowest BCUT2D eigenvalue weighted by atomic mass is 10.1. The number of amides is 1. The van der Waals surface area contributed by atoms with Crippen LogP contribution in [0.1, 0.15) is 36.6 Å². The van der Waals surface area contributed by atoms with Gasteiger partial charge < -0.3 is 15.0 Å². The highest BCUT2D eigenvalue weighted by Crippen LogP contribution is 2.25. The van der Waals surface area contributed by atoms with E-state index >= 15 is 0 Å². The second-order valence-corrected chi connectivity index (χ2v) is 7.66. The van der Waals surface area contributed by atoms with Crippen LogP contribution in [-0.4, -0.2) is 43.0 Å². The second-order valence-electron chi connectivity index (χ2n) is 6.60. The van der Waals surface area contributed by atoms with Crippen molar-refractivity contribution in [1.82, 2.24) is 9.88 Å². The molecule has 0 spiro atoms. The van der Waals surface area contributed by atoms with E-state index < -0.39 is 0 Å². The van der Waals surface area contributed by atoms with E-state index in [0.717, 1.165) is 24.3 Å². The fourth-order valence-corrected chi connectivity index (χ4v) is 3.11. The lowest BCUT2D eigenvalue weighted by Crippen LogP contribution is -2.16. The Kier molecular flexibility index (Phi) is 7.40. The number of anilines is 1. The first-order valence-corrected chi connectivity index (χ1v) is 9.37. The summed E-state index contributed by atoms with van der Waals surface area (Å²) in [4.78, 5) is 19.8. The van der Waals surface area contributed by atoms with Crippen LogP contribution in [-0.2, 0) is 11.2 Å². The number of ether oxygens (including phenoxy) is 1. The molecular formula is C19H27N3O2S. The minimum Gasteiger partial charge on any atom is -0.494 e. The van der Waals surface area contributed by atoms with Crippen molar-refractivity contribution in [2.24, 2.45) is 0 Å². The summed E-state index contributed by atoms with van der Waals surface area (Å²) in [5.74, 6) is 1.17. The number of rotatable bonds is 9. The van der Waals surface area contributed by atoms with Crippen molar-refractivity contribution in [1.29, 1.82) is 0 Å². The van der Waals surface area contributed by atoms with Crippen LogP contribution in [0.3, 0.4) is 0 Å². The van der Waals surface area contributed by atoms with E-state index in [9.17, 15) is 4.79 Å². The molecule has 2 rings (SSSR count). The SMILES string of the molecule is CC(C)c1cnc(NC(=O)Cc2cccc(OCCCN(C)C)c2)s1. The summed E-state index contributed by atoms with van der Waals surface area (Å²) in [5.41, 5.74) is 0.934. The third-order valence-corrected chi connectivity index (χ3v) is 4.83. The number of carbonyl (C=O) groups is 1. The van der Waals surface area contributed by atoms with E-state index in [-0.39, 0.29) is 5.91 Å². The van der Waals surface area contributed by atoms with Crippen molar-refractivity contribution in [2.75, 3.05) is 32.6 Å². The lowest BCUT2D eigenvalue weighted by molar-refractivity contribution is -0.115. The Labute approximate surface area is 154 Å². The number of hydrogen-bond acceptors (Lipinski definition) is 5. The summed E-state index contributed by atoms with van der Waals surface area (Å²) in [7, 11) is 4.09. The summed E-state index contributed by atoms with van der Waals surface area (Å²) in [6, 6.07) is 7.71. The van der Waals surface area contributed by atoms with Gasteiger partial charge in [-0.05, 0) is 44.1 Å². The van der Waals surface area contributed by atoms with Crippen molar-refractivity contribution < 1.29 is 9.53 Å². The zero-order chi connectivity index (χ0) is 18.2. The normalized spacial score (nSPS) is 11.1. The molecule has 25 heavy (non-hydrogen) atoms. The first-order valence-electron chi connectivity index (χ1n) is 8.56. The molecule has 0 unspecified atom stereocenters. The lowest BCUT2D eigenvalue weighted by Gasteiger charge is -2.11. The monoisotopic (exact) mass is 361 g/mol. The van der Waals surface area contributed by atoms with E-state index in [1.165, 1.54) is 16.2 Å². The zero-order valence-electron chi connectivity index (χ0n) is 15.4. The van der Waals surface area contributed by atoms with Crippen LogP contribution in [0.5, 0.6) is 5.75 Å². The third kappa shape index (κ3) is 6.84. The van der Waals surface area contributed by atoms with Gasteiger partial charge in [-0.1, -0.05) is 26.0 Å². The van der Waals surface area contributed by atoms with Gasteiger partial charge in [-0.3, -0.25) is 4.79 Å². The molecule has 5 nitrogen and oxygen atoms in total. The topological polar surface area (TPSA) is 54.5 Å². The van der Waals surface area contributed by atoms with E-state index in [0.29, 0.717) is 24.1 Å². The molecule has 2 aromatic rings. The predicted octanol–water partition coefficient (Wildman–Crippen LogP) is 3.78. The van der Waals surface area contributed by atoms with Gasteiger partial charge in [0.25, 0.3) is 0 Å². The Balaban J connectivity index is 1.84. The van der Waals surface area contributed by atoms with E-state index in [4.69, 9.17) is 4.74 Å². The number of carbonyl (C=O) groups excluding carboxylic acids is 1. The van der Waals surface area contributed by atoms with E-state index in [1.807, 2.05) is 44.6 Å². The number of nitrogens with zero attached hydrogens (tertiary/aromatic N) is 2. The van der Waals surface area contributed by atoms with Crippen LogP contribution in [0.15, 0.2) is 30.5 Å². The average Bonchev–Trinajstić information content (AvgIpc) is 3.00. The molecule has 0 fully saturated rings. The van der Waals surface area contributed by atoms with Gasteiger partial charge >= 0.3 is 0 Å². The van der Waals surface area contributed by atoms with Gasteiger partial charge in [-0.25, -0.2) is 4.98 Å². The smallest absolute Gasteiger partial charge is 0.230 e. The molecule has 6 heteroatoms. The van der Waals surface area contributed by atoms with Crippen molar-refractivity contribution >= 4 is 22.4 Å². The van der Waals surface area contributed by atoms with Crippen LogP contribution >= 0.6 is 11.3 Å². The van der Waals surface area contributed by atoms with Crippen LogP contribution in [0.4, 0.5) is 5.13 Å². The molecule has 0 atom stereocenters. The van der Waals surface area contributed by atoms with Gasteiger partial charge in [0, 0.05) is 17.6 Å². The highest BCUT2D eigenvalue weighted by molar-refractivity contribution is 7.15. The van der Waals surface area contributed by atoms with Crippen LogP contribution < -0.4 is 10.1 Å². The van der Waals surface area contributed by atoms with Gasteiger partial charge in [0.2, 0.25) is 5.91 Å². The number of benzene rings is 1. The maximum atomic E-state index is 12.2. The van der Waals surface area contributed by atoms with Gasteiger partial charge in [-0.15, -0.1) is 11.3 Å². The average molecular weight is 362 g/mol. The van der Waals surface area contributed by atoms with Gasteiger partial charge in [-0.2, -0.15) is 0 Å². The molecule has 1 aromatic carbocycles. The molecule has 1 N–H and O–H groups in total. The summed E-state index contributed by atoms with van der Waals surface area (Å²) in [6.45, 7) is 5.89. The fraction of sp³-hybridized carbons (Fsp3) is 0.474. The number of nitrogens with one attached hydrogen (secondary N) is 1. The summed E-state index contributed by atoms with van der Waals surface area (Å²) < 4.78 is 5.76. The molecule has 1 heterocycles. The number of thiazole rings is 1. The van der Waals surface area contributed by atoms with Crippen LogP contribution in [0.25, 0.3) is 0 Å². The molecule has 136 valence electrons. The fourth-order valence-electron chi connectivity index (χ4n) is 2.28. The van der Waals surface area contributed by atoms with Gasteiger partial charge in [0.05, 0.1) is 13.0 Å². The molecule has 0 saturated heterocycles. The minimum absolute atomic E-state index is 0.0607. The Bertz CT molecular complexity index is 683. The van der Waals surface area contributed by atoms with Crippen molar-refractivity contribution in [2.45, 2.75) is 32.6 Å². The first kappa shape index (κ1) is 19.4. The quantitative estimate of drug-likeness (QED) is 0.691. The molecule has 0 saturated carbocycles. The van der Waals surface area contributed by atoms with Gasteiger partial charge in [0.1, 0.15) is 5.75 Å². The highest BCUT2D eigenvalue weighted by atomic mass is 32.1. The first-order chi connectivity index (χ1) is 11.9. The molecule has 1 amide bonds. The summed E-state index contributed by atoms with van der Waals surface area (Å²) in [5, 5.41) is 3.53. The Morgan fingerprint density at radius 3 is 2.84 bits per heavy atom. The Morgan fingerprint density at radius 1 is 1.36 bits per heavy atom. The maximum Gasteiger partial charge on any atom is 0.230 e.